The van der Waals surface area contributed by atoms with E-state index in [0.717, 1.165) is 5.69 Å². The van der Waals surface area contributed by atoms with Gasteiger partial charge in [-0.1, -0.05) is 6.07 Å². The fourth-order valence-corrected chi connectivity index (χ4v) is 3.72. The number of rotatable bonds is 7. The van der Waals surface area contributed by atoms with Crippen molar-refractivity contribution >= 4 is 23.0 Å². The van der Waals surface area contributed by atoms with E-state index >= 15 is 0 Å². The molecule has 9 heteroatoms. The standard InChI is InChI=1S/C23H24N4O5/c1-31-19-5-2-4-17(14-19)23(28)26-11-9-25(10-12-26)18-7-8-22(27(29)30)21(15-18)24-16-20-6-3-13-32-20/h2-8,13-15,24H,9-12,16H2,1H3. The van der Waals surface area contributed by atoms with Gasteiger partial charge in [0.2, 0.25) is 0 Å². The van der Waals surface area contributed by atoms with E-state index in [0.29, 0.717) is 55.5 Å². The number of nitrogens with zero attached hydrogens (tertiary/aromatic N) is 3. The third-order valence-electron chi connectivity index (χ3n) is 5.46. The summed E-state index contributed by atoms with van der Waals surface area (Å²) in [5, 5.41) is 14.5. The number of hydrogen-bond donors (Lipinski definition) is 1. The number of amides is 1. The number of nitrogens with one attached hydrogen (secondary N) is 1. The molecule has 4 rings (SSSR count). The molecule has 1 aliphatic rings. The summed E-state index contributed by atoms with van der Waals surface area (Å²) in [6, 6.07) is 15.7. The molecule has 1 aromatic heterocycles. The predicted octanol–water partition coefficient (Wildman–Crippen LogP) is 3.77. The Kier molecular flexibility index (Phi) is 6.25. The number of carbonyl (C=O) groups excluding carboxylic acids is 1. The molecule has 2 aromatic carbocycles. The van der Waals surface area contributed by atoms with Gasteiger partial charge in [-0.2, -0.15) is 0 Å². The summed E-state index contributed by atoms with van der Waals surface area (Å²) >= 11 is 0. The normalized spacial score (nSPS) is 13.7. The Balaban J connectivity index is 1.43. The number of benzene rings is 2. The molecule has 0 bridgehead atoms. The quantitative estimate of drug-likeness (QED) is 0.444. The Morgan fingerprint density at radius 2 is 1.94 bits per heavy atom. The van der Waals surface area contributed by atoms with Gasteiger partial charge in [-0.25, -0.2) is 0 Å². The highest BCUT2D eigenvalue weighted by molar-refractivity contribution is 5.94. The molecule has 0 radical (unpaired) electrons. The van der Waals surface area contributed by atoms with E-state index in [1.54, 1.807) is 61.9 Å². The number of nitro benzene ring substituents is 1. The minimum Gasteiger partial charge on any atom is -0.497 e. The number of nitro groups is 1. The first-order chi connectivity index (χ1) is 15.5. The van der Waals surface area contributed by atoms with E-state index in [1.807, 2.05) is 4.90 Å². The monoisotopic (exact) mass is 436 g/mol. The van der Waals surface area contributed by atoms with Gasteiger partial charge >= 0.3 is 0 Å². The first-order valence-electron chi connectivity index (χ1n) is 10.3. The van der Waals surface area contributed by atoms with Gasteiger partial charge in [0.15, 0.2) is 0 Å². The number of methoxy groups -OCH3 is 1. The molecule has 0 saturated carbocycles. The first kappa shape index (κ1) is 21.2. The van der Waals surface area contributed by atoms with Gasteiger partial charge in [0.1, 0.15) is 17.2 Å². The average molecular weight is 436 g/mol. The molecule has 1 aliphatic heterocycles. The molecule has 1 amide bonds. The molecule has 3 aromatic rings. The largest absolute Gasteiger partial charge is 0.497 e. The molecule has 0 unspecified atom stereocenters. The lowest BCUT2D eigenvalue weighted by Gasteiger charge is -2.36. The third-order valence-corrected chi connectivity index (χ3v) is 5.46. The SMILES string of the molecule is COc1cccc(C(=O)N2CCN(c3ccc([N+](=O)[O-])c(NCc4ccco4)c3)CC2)c1. The van der Waals surface area contributed by atoms with Crippen LogP contribution < -0.4 is 15.0 Å². The highest BCUT2D eigenvalue weighted by Gasteiger charge is 2.24. The Hall–Kier alpha value is -4.01. The molecular formula is C23H24N4O5. The highest BCUT2D eigenvalue weighted by atomic mass is 16.6. The van der Waals surface area contributed by atoms with Crippen molar-refractivity contribution in [3.8, 4) is 5.75 Å². The predicted molar refractivity (Wildman–Crippen MR) is 120 cm³/mol. The summed E-state index contributed by atoms with van der Waals surface area (Å²) < 4.78 is 10.5. The second kappa shape index (κ2) is 9.42. The van der Waals surface area contributed by atoms with Crippen LogP contribution in [0, 0.1) is 10.1 Å². The minimum atomic E-state index is -0.404. The lowest BCUT2D eigenvalue weighted by Crippen LogP contribution is -2.48. The van der Waals surface area contributed by atoms with E-state index in [4.69, 9.17) is 9.15 Å². The number of piperazine rings is 1. The van der Waals surface area contributed by atoms with Gasteiger partial charge in [0, 0.05) is 43.5 Å². The van der Waals surface area contributed by atoms with Crippen molar-refractivity contribution in [3.63, 3.8) is 0 Å². The first-order valence-corrected chi connectivity index (χ1v) is 10.3. The van der Waals surface area contributed by atoms with Gasteiger partial charge in [-0.3, -0.25) is 14.9 Å². The molecule has 0 spiro atoms. The summed E-state index contributed by atoms with van der Waals surface area (Å²) in [5.41, 5.74) is 1.90. The zero-order valence-electron chi connectivity index (χ0n) is 17.7. The average Bonchev–Trinajstić information content (AvgIpc) is 3.36. The second-order valence-corrected chi connectivity index (χ2v) is 7.40. The van der Waals surface area contributed by atoms with Crippen molar-refractivity contribution in [2.45, 2.75) is 6.54 Å². The van der Waals surface area contributed by atoms with Gasteiger partial charge in [0.25, 0.3) is 11.6 Å². The summed E-state index contributed by atoms with van der Waals surface area (Å²) in [6.45, 7) is 2.72. The van der Waals surface area contributed by atoms with Crippen LogP contribution in [0.4, 0.5) is 17.1 Å². The number of hydrogen-bond acceptors (Lipinski definition) is 7. The maximum Gasteiger partial charge on any atom is 0.292 e. The Bertz CT molecular complexity index is 1090. The van der Waals surface area contributed by atoms with Gasteiger partial charge < -0.3 is 24.3 Å². The van der Waals surface area contributed by atoms with Crippen molar-refractivity contribution in [2.24, 2.45) is 0 Å². The Morgan fingerprint density at radius 1 is 1.12 bits per heavy atom. The van der Waals surface area contributed by atoms with E-state index in [9.17, 15) is 14.9 Å². The molecule has 1 N–H and O–H groups in total. The van der Waals surface area contributed by atoms with E-state index in [2.05, 4.69) is 10.2 Å². The topological polar surface area (TPSA) is 101 Å². The fraction of sp³-hybridized carbons (Fsp3) is 0.261. The maximum atomic E-state index is 12.8. The lowest BCUT2D eigenvalue weighted by molar-refractivity contribution is -0.384. The molecule has 166 valence electrons. The molecule has 1 fully saturated rings. The Labute approximate surface area is 185 Å². The third kappa shape index (κ3) is 4.66. The van der Waals surface area contributed by atoms with Gasteiger partial charge in [-0.15, -0.1) is 0 Å². The van der Waals surface area contributed by atoms with Crippen molar-refractivity contribution in [2.75, 3.05) is 43.5 Å². The summed E-state index contributed by atoms with van der Waals surface area (Å²) in [4.78, 5) is 27.8. The summed E-state index contributed by atoms with van der Waals surface area (Å²) in [7, 11) is 1.57. The van der Waals surface area contributed by atoms with Crippen LogP contribution >= 0.6 is 0 Å². The van der Waals surface area contributed by atoms with Crippen molar-refractivity contribution < 1.29 is 18.9 Å². The summed E-state index contributed by atoms with van der Waals surface area (Å²) in [6.07, 6.45) is 1.56. The molecule has 1 saturated heterocycles. The highest BCUT2D eigenvalue weighted by Crippen LogP contribution is 2.31. The Morgan fingerprint density at radius 3 is 2.62 bits per heavy atom. The summed E-state index contributed by atoms with van der Waals surface area (Å²) in [5.74, 6) is 1.30. The smallest absolute Gasteiger partial charge is 0.292 e. The van der Waals surface area contributed by atoms with Crippen LogP contribution in [-0.2, 0) is 6.54 Å². The molecule has 0 aliphatic carbocycles. The maximum absolute atomic E-state index is 12.8. The van der Waals surface area contributed by atoms with Crippen molar-refractivity contribution in [1.29, 1.82) is 0 Å². The van der Waals surface area contributed by atoms with Crippen LogP contribution in [0.1, 0.15) is 16.1 Å². The number of carbonyl (C=O) groups is 1. The van der Waals surface area contributed by atoms with Crippen LogP contribution in [-0.4, -0.2) is 49.0 Å². The van der Waals surface area contributed by atoms with E-state index in [-0.39, 0.29) is 11.6 Å². The molecule has 0 atom stereocenters. The molecule has 32 heavy (non-hydrogen) atoms. The van der Waals surface area contributed by atoms with Crippen molar-refractivity contribution in [3.05, 3.63) is 82.3 Å². The van der Waals surface area contributed by atoms with Crippen molar-refractivity contribution in [1.82, 2.24) is 4.90 Å². The number of furan rings is 1. The van der Waals surface area contributed by atoms with Gasteiger partial charge in [0.05, 0.1) is 24.8 Å². The molecule has 2 heterocycles. The van der Waals surface area contributed by atoms with Crippen LogP contribution in [0.25, 0.3) is 0 Å². The number of anilines is 2. The van der Waals surface area contributed by atoms with Crippen LogP contribution in [0.3, 0.4) is 0 Å². The van der Waals surface area contributed by atoms with Gasteiger partial charge in [-0.05, 0) is 42.5 Å². The second-order valence-electron chi connectivity index (χ2n) is 7.40. The number of ether oxygens (including phenoxy) is 1. The zero-order chi connectivity index (χ0) is 22.5. The van der Waals surface area contributed by atoms with Crippen LogP contribution in [0.2, 0.25) is 0 Å². The zero-order valence-corrected chi connectivity index (χ0v) is 17.7. The molecule has 9 nitrogen and oxygen atoms in total. The molecular weight excluding hydrogens is 412 g/mol. The minimum absolute atomic E-state index is 0.00662. The van der Waals surface area contributed by atoms with E-state index in [1.165, 1.54) is 6.07 Å². The van der Waals surface area contributed by atoms with Crippen LogP contribution in [0.5, 0.6) is 5.75 Å². The van der Waals surface area contributed by atoms with Crippen LogP contribution in [0.15, 0.2) is 65.3 Å². The fourth-order valence-electron chi connectivity index (χ4n) is 3.72. The lowest BCUT2D eigenvalue weighted by atomic mass is 10.1. The van der Waals surface area contributed by atoms with E-state index < -0.39 is 4.92 Å².